The van der Waals surface area contributed by atoms with Crippen LogP contribution in [0.15, 0.2) is 0 Å². The van der Waals surface area contributed by atoms with Crippen molar-refractivity contribution in [3.8, 4) is 0 Å². The second-order valence-corrected chi connectivity index (χ2v) is 45.5. The van der Waals surface area contributed by atoms with Gasteiger partial charge in [0.1, 0.15) is 0 Å². The van der Waals surface area contributed by atoms with Gasteiger partial charge in [0.2, 0.25) is 0 Å². The second kappa shape index (κ2) is 21.0. The summed E-state index contributed by atoms with van der Waals surface area (Å²) >= 11 is 0. The maximum Gasteiger partial charge on any atom is 0.331 e. The predicted octanol–water partition coefficient (Wildman–Crippen LogP) is 8.78. The molecular weight excluding hydrogens is 597 g/mol. The van der Waals surface area contributed by atoms with Gasteiger partial charge in [0.05, 0.1) is 0 Å². The summed E-state index contributed by atoms with van der Waals surface area (Å²) in [6.45, 7) is 41.3. The maximum absolute atomic E-state index is 5.90. The molecule has 14 heteroatoms. The molecule has 0 aliphatic rings. The first-order valence-electron chi connectivity index (χ1n) is 13.4. The Morgan fingerprint density at radius 1 is 0.263 bits per heavy atom. The standard InChI is InChI=1S/C6H18O3Si2.C6H18OSi2.C4H12O2Si.C4H12OSi.C4H12Si/c1-7-10(3,4)9-11(5,6)8-2;1-8(2,3)7-9(4,5)6;1-5-7(3,4)6-2;1-5-6(2,3)4;1-5(2,3)4/h1-6H3;1-6H3;1-4H3;1-4H3;1-4H3. The van der Waals surface area contributed by atoms with E-state index in [-0.39, 0.29) is 0 Å². The summed E-state index contributed by atoms with van der Waals surface area (Å²) in [7, 11) is -1.15. The van der Waals surface area contributed by atoms with Crippen LogP contribution in [0, 0.1) is 0 Å². The van der Waals surface area contributed by atoms with Crippen LogP contribution in [0.3, 0.4) is 0 Å². The van der Waals surface area contributed by atoms with E-state index in [4.69, 9.17) is 30.4 Å². The average molecular weight is 669 g/mol. The molecule has 0 amide bonds. The molecule has 0 N–H and O–H groups in total. The molecule has 0 spiro atoms. The zero-order valence-electron chi connectivity index (χ0n) is 30.4. The van der Waals surface area contributed by atoms with Gasteiger partial charge in [-0.2, -0.15) is 0 Å². The Kier molecular flexibility index (Phi) is 27.1. The van der Waals surface area contributed by atoms with Gasteiger partial charge < -0.3 is 30.4 Å². The third-order valence-electron chi connectivity index (χ3n) is 3.68. The molecular formula is C24H72O7Si7. The topological polar surface area (TPSA) is 64.6 Å². The van der Waals surface area contributed by atoms with E-state index in [9.17, 15) is 0 Å². The van der Waals surface area contributed by atoms with E-state index in [0.717, 1.165) is 0 Å². The molecule has 0 aliphatic carbocycles. The van der Waals surface area contributed by atoms with Crippen LogP contribution in [-0.4, -0.2) is 94.3 Å². The molecule has 0 aromatic carbocycles. The molecule has 0 aliphatic heterocycles. The van der Waals surface area contributed by atoms with Gasteiger partial charge in [-0.3, -0.25) is 0 Å². The smallest absolute Gasteiger partial charge is 0.331 e. The summed E-state index contributed by atoms with van der Waals surface area (Å²) in [5.74, 6) is 0. The third kappa shape index (κ3) is 61.3. The molecule has 7 nitrogen and oxygen atoms in total. The quantitative estimate of drug-likeness (QED) is 0.228. The second-order valence-electron chi connectivity index (χ2n) is 14.8. The van der Waals surface area contributed by atoms with E-state index in [0.29, 0.717) is 0 Å². The van der Waals surface area contributed by atoms with E-state index in [1.165, 1.54) is 0 Å². The van der Waals surface area contributed by atoms with Crippen LogP contribution in [0.4, 0.5) is 0 Å². The highest BCUT2D eigenvalue weighted by Gasteiger charge is 2.34. The Morgan fingerprint density at radius 2 is 0.447 bits per heavy atom. The normalized spacial score (nSPS) is 12.9. The SMILES string of the molecule is CO[Si](C)(C)C.CO[Si](C)(C)OC.CO[Si](C)(C)O[Si](C)(C)OC.C[Si](C)(C)C.C[Si](C)(C)O[Si](C)(C)C. The van der Waals surface area contributed by atoms with Crippen molar-refractivity contribution in [3.05, 3.63) is 0 Å². The average Bonchev–Trinajstić information content (AvgIpc) is 2.64. The van der Waals surface area contributed by atoms with E-state index in [1.54, 1.807) is 35.5 Å². The van der Waals surface area contributed by atoms with Crippen LogP contribution in [0.1, 0.15) is 0 Å². The van der Waals surface area contributed by atoms with Crippen LogP contribution in [0.2, 0.25) is 124 Å². The van der Waals surface area contributed by atoms with Gasteiger partial charge in [0.15, 0.2) is 25.0 Å². The maximum atomic E-state index is 5.90. The lowest BCUT2D eigenvalue weighted by molar-refractivity contribution is 0.251. The van der Waals surface area contributed by atoms with Crippen molar-refractivity contribution in [2.24, 2.45) is 0 Å². The molecule has 38 heavy (non-hydrogen) atoms. The van der Waals surface area contributed by atoms with Crippen LogP contribution in [0.25, 0.3) is 0 Å². The predicted molar refractivity (Wildman–Crippen MR) is 189 cm³/mol. The number of rotatable bonds is 9. The Bertz CT molecular complexity index is 512. The summed E-state index contributed by atoms with van der Waals surface area (Å²) in [4.78, 5) is 0. The summed E-state index contributed by atoms with van der Waals surface area (Å²) in [5, 5.41) is 0. The van der Waals surface area contributed by atoms with E-state index >= 15 is 0 Å². The zero-order valence-corrected chi connectivity index (χ0v) is 37.4. The lowest BCUT2D eigenvalue weighted by atomic mass is 11.8. The summed E-state index contributed by atoms with van der Waals surface area (Å²) in [6.07, 6.45) is 0. The van der Waals surface area contributed by atoms with E-state index in [1.807, 2.05) is 39.3 Å². The van der Waals surface area contributed by atoms with Crippen LogP contribution in [-0.2, 0) is 30.4 Å². The van der Waals surface area contributed by atoms with Gasteiger partial charge >= 0.3 is 25.7 Å². The molecule has 0 saturated heterocycles. The van der Waals surface area contributed by atoms with Gasteiger partial charge in [-0.1, -0.05) is 26.2 Å². The van der Waals surface area contributed by atoms with Crippen LogP contribution >= 0.6 is 0 Å². The van der Waals surface area contributed by atoms with Gasteiger partial charge in [-0.05, 0) is 98.2 Å². The Morgan fingerprint density at radius 3 is 0.500 bits per heavy atom. The van der Waals surface area contributed by atoms with Crippen molar-refractivity contribution < 1.29 is 30.4 Å². The van der Waals surface area contributed by atoms with Crippen molar-refractivity contribution in [1.29, 1.82) is 0 Å². The first-order valence-corrected chi connectivity index (χ1v) is 36.1. The van der Waals surface area contributed by atoms with E-state index in [2.05, 4.69) is 85.1 Å². The minimum absolute atomic E-state index is 0.611. The van der Waals surface area contributed by atoms with Crippen molar-refractivity contribution in [1.82, 2.24) is 0 Å². The molecule has 0 heterocycles. The fourth-order valence-electron chi connectivity index (χ4n) is 1.68. The van der Waals surface area contributed by atoms with Crippen molar-refractivity contribution in [2.75, 3.05) is 35.5 Å². The highest BCUT2D eigenvalue weighted by atomic mass is 28.5. The monoisotopic (exact) mass is 668 g/mol. The number of hydrogen-bond acceptors (Lipinski definition) is 7. The molecule has 238 valence electrons. The van der Waals surface area contributed by atoms with Crippen molar-refractivity contribution in [2.45, 2.75) is 124 Å². The summed E-state index contributed by atoms with van der Waals surface area (Å²) < 4.78 is 37.2. The Labute approximate surface area is 248 Å². The van der Waals surface area contributed by atoms with Crippen LogP contribution in [0.5, 0.6) is 0 Å². The minimum atomic E-state index is -1.90. The molecule has 0 saturated carbocycles. The van der Waals surface area contributed by atoms with Gasteiger partial charge in [-0.25, -0.2) is 0 Å². The molecule has 0 aromatic heterocycles. The lowest BCUT2D eigenvalue weighted by Gasteiger charge is -2.30. The van der Waals surface area contributed by atoms with Crippen molar-refractivity contribution in [3.63, 3.8) is 0 Å². The minimum Gasteiger partial charge on any atom is -0.456 e. The number of hydrogen-bond donors (Lipinski definition) is 0. The Hall–Kier alpha value is 1.24. The highest BCUT2D eigenvalue weighted by molar-refractivity contribution is 6.83. The highest BCUT2D eigenvalue weighted by Crippen LogP contribution is 2.14. The lowest BCUT2D eigenvalue weighted by Crippen LogP contribution is -2.47. The molecule has 0 radical (unpaired) electrons. The molecule has 0 aromatic rings. The van der Waals surface area contributed by atoms with Gasteiger partial charge in [0, 0.05) is 43.6 Å². The summed E-state index contributed by atoms with van der Waals surface area (Å²) in [5.41, 5.74) is 0. The fraction of sp³-hybridized carbons (Fsp3) is 1.00. The fourth-order valence-corrected chi connectivity index (χ4v) is 14.6. The van der Waals surface area contributed by atoms with Crippen molar-refractivity contribution >= 4 is 58.7 Å². The molecule has 0 atom stereocenters. The largest absolute Gasteiger partial charge is 0.456 e. The first kappa shape index (κ1) is 48.9. The Balaban J connectivity index is -0.000000123. The van der Waals surface area contributed by atoms with Crippen LogP contribution < -0.4 is 0 Å². The molecule has 0 bridgehead atoms. The molecule has 0 fully saturated rings. The zero-order chi connectivity index (χ0) is 32.4. The van der Waals surface area contributed by atoms with E-state index < -0.39 is 58.7 Å². The van der Waals surface area contributed by atoms with Gasteiger partial charge in [-0.15, -0.1) is 0 Å². The first-order chi connectivity index (χ1) is 16.2. The van der Waals surface area contributed by atoms with Gasteiger partial charge in [0.25, 0.3) is 0 Å². The summed E-state index contributed by atoms with van der Waals surface area (Å²) in [6, 6.07) is 0. The molecule has 0 unspecified atom stereocenters. The third-order valence-corrected chi connectivity index (χ3v) is 17.7. The molecule has 0 rings (SSSR count).